The Morgan fingerprint density at radius 2 is 1.93 bits per heavy atom. The van der Waals surface area contributed by atoms with Crippen molar-refractivity contribution in [1.29, 1.82) is 0 Å². The third-order valence-electron chi connectivity index (χ3n) is 2.38. The van der Waals surface area contributed by atoms with Gasteiger partial charge in [0.2, 0.25) is 0 Å². The molecule has 0 saturated carbocycles. The van der Waals surface area contributed by atoms with Gasteiger partial charge in [-0.15, -0.1) is 24.8 Å². The van der Waals surface area contributed by atoms with Crippen molar-refractivity contribution in [2.75, 3.05) is 11.9 Å². The highest BCUT2D eigenvalue weighted by molar-refractivity contribution is 5.98. The molecule has 5 heteroatoms. The molecule has 1 atom stereocenters. The number of aliphatic hydroxyl groups is 1. The maximum atomic E-state index is 11.4. The maximum Gasteiger partial charge on any atom is 0.255 e. The van der Waals surface area contributed by atoms with E-state index in [9.17, 15) is 9.90 Å². The molecule has 15 heavy (non-hydrogen) atoms. The zero-order valence-electron chi connectivity index (χ0n) is 8.21. The number of benzene rings is 1. The zero-order valence-corrected chi connectivity index (χ0v) is 9.85. The second-order valence-corrected chi connectivity index (χ2v) is 3.25. The van der Waals surface area contributed by atoms with Gasteiger partial charge in [-0.25, -0.2) is 0 Å². The fraction of sp³-hybridized carbons (Fsp3) is 0.300. The van der Waals surface area contributed by atoms with Crippen LogP contribution in [0.4, 0.5) is 5.69 Å². The van der Waals surface area contributed by atoms with Crippen LogP contribution >= 0.6 is 24.8 Å². The number of amides is 1. The quantitative estimate of drug-likeness (QED) is 0.756. The summed E-state index contributed by atoms with van der Waals surface area (Å²) in [6, 6.07) is 7.62. The summed E-state index contributed by atoms with van der Waals surface area (Å²) in [5, 5.41) is 9.40. The smallest absolute Gasteiger partial charge is 0.255 e. The number of carbonyl (C=O) groups is 1. The third kappa shape index (κ3) is 2.43. The van der Waals surface area contributed by atoms with Crippen molar-refractivity contribution in [3.8, 4) is 0 Å². The molecule has 2 rings (SSSR count). The lowest BCUT2D eigenvalue weighted by Gasteiger charge is -2.28. The van der Waals surface area contributed by atoms with Gasteiger partial charge < -0.3 is 10.0 Å². The van der Waals surface area contributed by atoms with E-state index in [-0.39, 0.29) is 30.7 Å². The molecule has 0 spiro atoms. The number of halogens is 2. The Bertz CT molecular complexity index is 357. The van der Waals surface area contributed by atoms with E-state index >= 15 is 0 Å². The molecule has 1 aliphatic rings. The molecule has 3 nitrogen and oxygen atoms in total. The minimum atomic E-state index is -0.875. The molecule has 1 amide bonds. The number of hydrogen-bond acceptors (Lipinski definition) is 2. The lowest BCUT2D eigenvalue weighted by atomic mass is 10.00. The number of likely N-dealkylation sites (N-methyl/N-ethyl adjacent to an activating group) is 1. The summed E-state index contributed by atoms with van der Waals surface area (Å²) in [6.07, 6.45) is -0.445. The van der Waals surface area contributed by atoms with Crippen molar-refractivity contribution in [3.63, 3.8) is 0 Å². The Hall–Kier alpha value is -0.770. The van der Waals surface area contributed by atoms with Crippen LogP contribution in [0, 0.1) is 0 Å². The minimum Gasteiger partial charge on any atom is -0.383 e. The molecule has 1 heterocycles. The number of para-hydroxylation sites is 1. The second kappa shape index (κ2) is 5.35. The number of fused-ring (bicyclic) bond motifs is 1. The van der Waals surface area contributed by atoms with Crippen molar-refractivity contribution in [1.82, 2.24) is 0 Å². The molecular weight excluding hydrogens is 237 g/mol. The van der Waals surface area contributed by atoms with Crippen LogP contribution < -0.4 is 4.90 Å². The van der Waals surface area contributed by atoms with E-state index in [4.69, 9.17) is 0 Å². The number of anilines is 1. The summed E-state index contributed by atoms with van der Waals surface area (Å²) in [7, 11) is 1.68. The number of carbonyl (C=O) groups excluding carboxylic acids is 1. The lowest BCUT2D eigenvalue weighted by molar-refractivity contribution is -0.126. The Kier molecular flexibility index (Phi) is 5.08. The maximum absolute atomic E-state index is 11.4. The molecule has 84 valence electrons. The summed E-state index contributed by atoms with van der Waals surface area (Å²) in [5.41, 5.74) is 1.93. The topological polar surface area (TPSA) is 40.5 Å². The van der Waals surface area contributed by atoms with Crippen LogP contribution in [0.15, 0.2) is 24.3 Å². The predicted octanol–water partition coefficient (Wildman–Crippen LogP) is 1.41. The van der Waals surface area contributed by atoms with E-state index in [1.54, 1.807) is 7.05 Å². The SMILES string of the molecule is CN1C(=O)C(O)Cc2ccccc21.Cl.Cl. The molecule has 0 bridgehead atoms. The molecule has 1 aromatic carbocycles. The van der Waals surface area contributed by atoms with Crippen molar-refractivity contribution >= 4 is 36.4 Å². The highest BCUT2D eigenvalue weighted by Gasteiger charge is 2.28. The van der Waals surface area contributed by atoms with Crippen molar-refractivity contribution in [3.05, 3.63) is 29.8 Å². The average molecular weight is 250 g/mol. The standard InChI is InChI=1S/C10H11NO2.2ClH/c1-11-8-5-3-2-4-7(8)6-9(12)10(11)13;;/h2-5,9,12H,6H2,1H3;2*1H. The van der Waals surface area contributed by atoms with Gasteiger partial charge in [-0.05, 0) is 11.6 Å². The summed E-state index contributed by atoms with van der Waals surface area (Å²) >= 11 is 0. The molecule has 1 aliphatic heterocycles. The largest absolute Gasteiger partial charge is 0.383 e. The third-order valence-corrected chi connectivity index (χ3v) is 2.38. The van der Waals surface area contributed by atoms with E-state index in [1.165, 1.54) is 4.90 Å². The molecule has 0 fully saturated rings. The van der Waals surface area contributed by atoms with Crippen molar-refractivity contribution in [2.24, 2.45) is 0 Å². The molecule has 0 aromatic heterocycles. The molecule has 1 N–H and O–H groups in total. The van der Waals surface area contributed by atoms with Crippen molar-refractivity contribution in [2.45, 2.75) is 12.5 Å². The number of hydrogen-bond donors (Lipinski definition) is 1. The summed E-state index contributed by atoms with van der Waals surface area (Å²) < 4.78 is 0. The Balaban J connectivity index is 0.000000980. The number of aliphatic hydroxyl groups excluding tert-OH is 1. The van der Waals surface area contributed by atoms with E-state index in [1.807, 2.05) is 24.3 Å². The first-order chi connectivity index (χ1) is 6.20. The summed E-state index contributed by atoms with van der Waals surface area (Å²) in [4.78, 5) is 12.9. The monoisotopic (exact) mass is 249 g/mol. The molecule has 0 aliphatic carbocycles. The predicted molar refractivity (Wildman–Crippen MR) is 64.1 cm³/mol. The first-order valence-electron chi connectivity index (χ1n) is 4.23. The van der Waals surface area contributed by atoms with Crippen LogP contribution in [0.1, 0.15) is 5.56 Å². The normalized spacial score (nSPS) is 18.7. The number of rotatable bonds is 0. The van der Waals surface area contributed by atoms with Gasteiger partial charge in [0, 0.05) is 19.2 Å². The van der Waals surface area contributed by atoms with Crippen LogP contribution in [-0.2, 0) is 11.2 Å². The fourth-order valence-corrected chi connectivity index (χ4v) is 1.65. The van der Waals surface area contributed by atoms with Crippen LogP contribution in [0.2, 0.25) is 0 Å². The van der Waals surface area contributed by atoms with Crippen LogP contribution in [0.25, 0.3) is 0 Å². The molecule has 0 radical (unpaired) electrons. The van der Waals surface area contributed by atoms with E-state index in [2.05, 4.69) is 0 Å². The van der Waals surface area contributed by atoms with Crippen molar-refractivity contribution < 1.29 is 9.90 Å². The average Bonchev–Trinajstić information content (AvgIpc) is 2.15. The molecule has 1 aromatic rings. The van der Waals surface area contributed by atoms with Crippen LogP contribution in [0.5, 0.6) is 0 Å². The molecule has 0 saturated heterocycles. The lowest BCUT2D eigenvalue weighted by Crippen LogP contribution is -2.41. The summed E-state index contributed by atoms with van der Waals surface area (Å²) in [6.45, 7) is 0. The second-order valence-electron chi connectivity index (χ2n) is 3.25. The van der Waals surface area contributed by atoms with Gasteiger partial charge in [0.1, 0.15) is 6.10 Å². The highest BCUT2D eigenvalue weighted by Crippen LogP contribution is 2.25. The first-order valence-corrected chi connectivity index (χ1v) is 4.23. The van der Waals surface area contributed by atoms with Gasteiger partial charge in [-0.3, -0.25) is 4.79 Å². The molecular formula is C10H13Cl2NO2. The van der Waals surface area contributed by atoms with Gasteiger partial charge >= 0.3 is 0 Å². The molecule has 1 unspecified atom stereocenters. The Morgan fingerprint density at radius 3 is 2.60 bits per heavy atom. The minimum absolute atomic E-state index is 0. The van der Waals surface area contributed by atoms with E-state index < -0.39 is 6.10 Å². The Morgan fingerprint density at radius 1 is 1.33 bits per heavy atom. The van der Waals surface area contributed by atoms with E-state index in [0.29, 0.717) is 6.42 Å². The highest BCUT2D eigenvalue weighted by atomic mass is 35.5. The van der Waals surface area contributed by atoms with Gasteiger partial charge in [0.05, 0.1) is 0 Å². The van der Waals surface area contributed by atoms with Gasteiger partial charge in [0.15, 0.2) is 0 Å². The Labute approximate surface area is 101 Å². The number of nitrogens with zero attached hydrogens (tertiary/aromatic N) is 1. The fourth-order valence-electron chi connectivity index (χ4n) is 1.65. The first kappa shape index (κ1) is 14.2. The van der Waals surface area contributed by atoms with Crippen LogP contribution in [-0.4, -0.2) is 24.2 Å². The van der Waals surface area contributed by atoms with Gasteiger partial charge in [-0.1, -0.05) is 18.2 Å². The zero-order chi connectivity index (χ0) is 9.42. The van der Waals surface area contributed by atoms with Gasteiger partial charge in [0.25, 0.3) is 5.91 Å². The van der Waals surface area contributed by atoms with Crippen LogP contribution in [0.3, 0.4) is 0 Å². The summed E-state index contributed by atoms with van der Waals surface area (Å²) in [5.74, 6) is -0.223. The van der Waals surface area contributed by atoms with Gasteiger partial charge in [-0.2, -0.15) is 0 Å². The van der Waals surface area contributed by atoms with E-state index in [0.717, 1.165) is 11.3 Å².